The normalized spacial score (nSPS) is 18.0. The number of hydrogen-bond donors (Lipinski definition) is 4. The molecule has 6 heteroatoms. The predicted octanol–water partition coefficient (Wildman–Crippen LogP) is 0.962. The summed E-state index contributed by atoms with van der Waals surface area (Å²) in [5, 5.41) is 8.38. The summed E-state index contributed by atoms with van der Waals surface area (Å²) in [6.07, 6.45) is 2.30. The molecular formula is C15H30N4O2. The molecule has 122 valence electrons. The van der Waals surface area contributed by atoms with Crippen molar-refractivity contribution in [3.63, 3.8) is 0 Å². The number of carbonyl (C=O) groups excluding carboxylic acids is 2. The van der Waals surface area contributed by atoms with Crippen LogP contribution >= 0.6 is 0 Å². The zero-order valence-corrected chi connectivity index (χ0v) is 13.8. The minimum Gasteiger partial charge on any atom is -0.353 e. The van der Waals surface area contributed by atoms with Gasteiger partial charge < -0.3 is 21.7 Å². The van der Waals surface area contributed by atoms with E-state index in [9.17, 15) is 9.59 Å². The van der Waals surface area contributed by atoms with Crippen molar-refractivity contribution in [2.75, 3.05) is 6.54 Å². The van der Waals surface area contributed by atoms with Gasteiger partial charge in [0.1, 0.15) is 6.04 Å². The Morgan fingerprint density at radius 3 is 2.24 bits per heavy atom. The number of rotatable bonds is 6. The molecule has 0 bridgehead atoms. The second-order valence-electron chi connectivity index (χ2n) is 7.32. The zero-order chi connectivity index (χ0) is 16.2. The minimum atomic E-state index is -0.557. The lowest BCUT2D eigenvalue weighted by Gasteiger charge is -2.26. The van der Waals surface area contributed by atoms with Gasteiger partial charge in [-0.1, -0.05) is 13.8 Å². The topological polar surface area (TPSA) is 96.2 Å². The summed E-state index contributed by atoms with van der Waals surface area (Å²) in [6.45, 7) is 9.96. The quantitative estimate of drug-likeness (QED) is 0.588. The first-order valence-electron chi connectivity index (χ1n) is 7.72. The number of hydrogen-bond acceptors (Lipinski definition) is 3. The molecule has 1 aliphatic carbocycles. The summed E-state index contributed by atoms with van der Waals surface area (Å²) in [4.78, 5) is 24.1. The van der Waals surface area contributed by atoms with Gasteiger partial charge >= 0.3 is 6.03 Å². The van der Waals surface area contributed by atoms with E-state index in [1.165, 1.54) is 0 Å². The van der Waals surface area contributed by atoms with Crippen LogP contribution in [0.25, 0.3) is 0 Å². The molecule has 21 heavy (non-hydrogen) atoms. The van der Waals surface area contributed by atoms with Gasteiger partial charge in [-0.2, -0.15) is 0 Å². The van der Waals surface area contributed by atoms with Crippen molar-refractivity contribution in [1.29, 1.82) is 0 Å². The Labute approximate surface area is 127 Å². The van der Waals surface area contributed by atoms with Crippen LogP contribution in [0.4, 0.5) is 4.79 Å². The Kier molecular flexibility index (Phi) is 6.01. The van der Waals surface area contributed by atoms with Crippen LogP contribution in [-0.2, 0) is 4.79 Å². The summed E-state index contributed by atoms with van der Waals surface area (Å²) in [7, 11) is 0. The van der Waals surface area contributed by atoms with E-state index in [1.54, 1.807) is 0 Å². The third kappa shape index (κ3) is 6.80. The molecule has 0 saturated heterocycles. The van der Waals surface area contributed by atoms with E-state index in [2.05, 4.69) is 16.0 Å². The molecule has 0 spiro atoms. The number of carbonyl (C=O) groups is 2. The molecule has 0 aromatic carbocycles. The average Bonchev–Trinajstić information content (AvgIpc) is 3.14. The summed E-state index contributed by atoms with van der Waals surface area (Å²) in [5.41, 5.74) is 5.64. The highest BCUT2D eigenvalue weighted by atomic mass is 16.2. The fourth-order valence-electron chi connectivity index (χ4n) is 2.07. The molecule has 1 rings (SSSR count). The van der Waals surface area contributed by atoms with Crippen molar-refractivity contribution in [2.24, 2.45) is 17.6 Å². The Morgan fingerprint density at radius 2 is 1.81 bits per heavy atom. The molecule has 1 aliphatic rings. The number of nitrogens with two attached hydrogens (primary N) is 1. The van der Waals surface area contributed by atoms with Crippen LogP contribution < -0.4 is 21.7 Å². The maximum absolute atomic E-state index is 12.2. The van der Waals surface area contributed by atoms with Gasteiger partial charge in [0.15, 0.2) is 0 Å². The molecule has 0 aliphatic heterocycles. The summed E-state index contributed by atoms with van der Waals surface area (Å²) < 4.78 is 0. The fraction of sp³-hybridized carbons (Fsp3) is 0.867. The second kappa shape index (κ2) is 7.11. The van der Waals surface area contributed by atoms with Gasteiger partial charge in [-0.3, -0.25) is 4.79 Å². The number of amides is 3. The van der Waals surface area contributed by atoms with Crippen LogP contribution in [0.1, 0.15) is 47.5 Å². The van der Waals surface area contributed by atoms with Crippen LogP contribution in [0.5, 0.6) is 0 Å². The second-order valence-corrected chi connectivity index (χ2v) is 7.32. The molecule has 1 fully saturated rings. The largest absolute Gasteiger partial charge is 0.353 e. The van der Waals surface area contributed by atoms with Gasteiger partial charge in [0.25, 0.3) is 0 Å². The molecule has 0 aromatic heterocycles. The van der Waals surface area contributed by atoms with E-state index in [1.807, 2.05) is 34.6 Å². The summed E-state index contributed by atoms with van der Waals surface area (Å²) in [5.74, 6) is 0.373. The Balaban J connectivity index is 2.47. The van der Waals surface area contributed by atoms with E-state index in [0.717, 1.165) is 12.8 Å². The van der Waals surface area contributed by atoms with Crippen molar-refractivity contribution in [3.8, 4) is 0 Å². The van der Waals surface area contributed by atoms with Gasteiger partial charge in [-0.05, 0) is 45.4 Å². The van der Waals surface area contributed by atoms with Crippen molar-refractivity contribution in [2.45, 2.75) is 65.1 Å². The molecule has 2 atom stereocenters. The molecule has 0 radical (unpaired) electrons. The molecule has 6 nitrogen and oxygen atoms in total. The number of nitrogens with one attached hydrogen (secondary N) is 3. The Morgan fingerprint density at radius 1 is 1.24 bits per heavy atom. The van der Waals surface area contributed by atoms with Gasteiger partial charge in [0, 0.05) is 18.1 Å². The van der Waals surface area contributed by atoms with Crippen LogP contribution in [-0.4, -0.2) is 36.1 Å². The molecule has 3 amide bonds. The van der Waals surface area contributed by atoms with E-state index in [4.69, 9.17) is 5.73 Å². The molecule has 1 saturated carbocycles. The molecular weight excluding hydrogens is 268 g/mol. The first-order chi connectivity index (χ1) is 9.60. The maximum Gasteiger partial charge on any atom is 0.315 e. The smallest absolute Gasteiger partial charge is 0.315 e. The minimum absolute atomic E-state index is 0.00729. The fourth-order valence-corrected chi connectivity index (χ4v) is 2.07. The van der Waals surface area contributed by atoms with Crippen LogP contribution in [0.3, 0.4) is 0 Å². The third-order valence-corrected chi connectivity index (χ3v) is 3.46. The monoisotopic (exact) mass is 298 g/mol. The predicted molar refractivity (Wildman–Crippen MR) is 83.8 cm³/mol. The lowest BCUT2D eigenvalue weighted by molar-refractivity contribution is -0.124. The third-order valence-electron chi connectivity index (χ3n) is 3.46. The van der Waals surface area contributed by atoms with Crippen LogP contribution in [0.15, 0.2) is 0 Å². The van der Waals surface area contributed by atoms with Crippen molar-refractivity contribution >= 4 is 11.9 Å². The van der Waals surface area contributed by atoms with Gasteiger partial charge in [0.05, 0.1) is 0 Å². The molecule has 0 aromatic rings. The van der Waals surface area contributed by atoms with Crippen molar-refractivity contribution < 1.29 is 9.59 Å². The lowest BCUT2D eigenvalue weighted by Crippen LogP contribution is -2.56. The number of urea groups is 1. The molecule has 5 N–H and O–H groups in total. The average molecular weight is 298 g/mol. The highest BCUT2D eigenvalue weighted by molar-refractivity contribution is 5.87. The highest BCUT2D eigenvalue weighted by Gasteiger charge is 2.30. The Hall–Kier alpha value is -1.30. The van der Waals surface area contributed by atoms with E-state index in [0.29, 0.717) is 12.5 Å². The molecule has 0 heterocycles. The summed E-state index contributed by atoms with van der Waals surface area (Å²) in [6, 6.07) is -0.869. The van der Waals surface area contributed by atoms with Crippen LogP contribution in [0, 0.1) is 11.8 Å². The zero-order valence-electron chi connectivity index (χ0n) is 13.8. The summed E-state index contributed by atoms with van der Waals surface area (Å²) >= 11 is 0. The first kappa shape index (κ1) is 17.8. The van der Waals surface area contributed by atoms with Gasteiger partial charge in [0.2, 0.25) is 5.91 Å². The maximum atomic E-state index is 12.2. The van der Waals surface area contributed by atoms with Gasteiger partial charge in [-0.25, -0.2) is 4.79 Å². The standard InChI is InChI=1S/C15H30N4O2/c1-9(2)12(18-14(21)19-15(3,4)5)13(20)17-8-11(16)10-6-7-10/h9-12H,6-8,16H2,1-5H3,(H,17,20)(H2,18,19,21)/t11?,12-/m0/s1. The van der Waals surface area contributed by atoms with Crippen LogP contribution in [0.2, 0.25) is 0 Å². The van der Waals surface area contributed by atoms with E-state index in [-0.39, 0.29) is 29.4 Å². The van der Waals surface area contributed by atoms with Gasteiger partial charge in [-0.15, -0.1) is 0 Å². The SMILES string of the molecule is CC(C)[C@H](NC(=O)NC(C)(C)C)C(=O)NCC(N)C1CC1. The lowest BCUT2D eigenvalue weighted by atomic mass is 10.0. The Bertz CT molecular complexity index is 372. The van der Waals surface area contributed by atoms with Crippen molar-refractivity contribution in [1.82, 2.24) is 16.0 Å². The van der Waals surface area contributed by atoms with E-state index < -0.39 is 6.04 Å². The van der Waals surface area contributed by atoms with Crippen molar-refractivity contribution in [3.05, 3.63) is 0 Å². The molecule has 1 unspecified atom stereocenters. The van der Waals surface area contributed by atoms with E-state index >= 15 is 0 Å². The highest BCUT2D eigenvalue weighted by Crippen LogP contribution is 2.31. The first-order valence-corrected chi connectivity index (χ1v) is 7.72.